The molecule has 4 amide bonds. The Balaban J connectivity index is 1.23. The molecule has 2 fully saturated rings. The first-order valence-electron chi connectivity index (χ1n) is 11.0. The Labute approximate surface area is 202 Å². The number of halogens is 1. The van der Waals surface area contributed by atoms with Crippen LogP contribution in [0.3, 0.4) is 0 Å². The van der Waals surface area contributed by atoms with Gasteiger partial charge in [0, 0.05) is 47.5 Å². The lowest BCUT2D eigenvalue weighted by atomic mass is 10.00. The summed E-state index contributed by atoms with van der Waals surface area (Å²) in [6, 6.07) is 11.6. The minimum absolute atomic E-state index is 0.146. The Morgan fingerprint density at radius 1 is 1.09 bits per heavy atom. The van der Waals surface area contributed by atoms with Crippen LogP contribution in [-0.4, -0.2) is 70.9 Å². The molecular weight excluding hydrogens is 462 g/mol. The molecule has 176 valence electrons. The number of carbonyl (C=O) groups is 3. The van der Waals surface area contributed by atoms with Gasteiger partial charge in [-0.1, -0.05) is 30.7 Å². The van der Waals surface area contributed by atoms with Gasteiger partial charge in [-0.2, -0.15) is 5.01 Å². The number of hydrogen-bond acceptors (Lipinski definition) is 6. The molecule has 3 heterocycles. The zero-order valence-corrected chi connectivity index (χ0v) is 20.3. The van der Waals surface area contributed by atoms with Crippen molar-refractivity contribution < 1.29 is 14.4 Å². The van der Waals surface area contributed by atoms with Gasteiger partial charge < -0.3 is 5.32 Å². The highest BCUT2D eigenvalue weighted by Gasteiger charge is 2.47. The number of nitrogens with zero attached hydrogens (tertiary/aromatic N) is 3. The minimum Gasteiger partial charge on any atom is -0.322 e. The van der Waals surface area contributed by atoms with Crippen molar-refractivity contribution in [3.63, 3.8) is 0 Å². The van der Waals surface area contributed by atoms with Crippen LogP contribution in [0.25, 0.3) is 10.4 Å². The van der Waals surface area contributed by atoms with E-state index in [0.29, 0.717) is 6.42 Å². The van der Waals surface area contributed by atoms with E-state index < -0.39 is 17.5 Å². The number of hydrazine groups is 1. The average molecular weight is 490 g/mol. The third-order valence-electron chi connectivity index (χ3n) is 6.21. The van der Waals surface area contributed by atoms with Crippen molar-refractivity contribution in [3.05, 3.63) is 46.3 Å². The molecule has 2 N–H and O–H groups in total. The van der Waals surface area contributed by atoms with Crippen LogP contribution in [0.5, 0.6) is 0 Å². The molecule has 8 nitrogen and oxygen atoms in total. The molecule has 4 rings (SSSR count). The van der Waals surface area contributed by atoms with Gasteiger partial charge >= 0.3 is 6.03 Å². The number of imide groups is 1. The summed E-state index contributed by atoms with van der Waals surface area (Å²) in [6.45, 7) is 7.67. The quantitative estimate of drug-likeness (QED) is 0.584. The van der Waals surface area contributed by atoms with Crippen LogP contribution in [0, 0.1) is 0 Å². The molecule has 2 aliphatic rings. The van der Waals surface area contributed by atoms with Crippen molar-refractivity contribution in [2.24, 2.45) is 0 Å². The number of thiophene rings is 1. The van der Waals surface area contributed by atoms with Crippen LogP contribution >= 0.6 is 22.9 Å². The molecule has 0 aliphatic carbocycles. The van der Waals surface area contributed by atoms with E-state index in [9.17, 15) is 14.4 Å². The van der Waals surface area contributed by atoms with Gasteiger partial charge in [0.2, 0.25) is 0 Å². The molecule has 1 aromatic carbocycles. The first kappa shape index (κ1) is 23.7. The Hall–Kier alpha value is -2.46. The summed E-state index contributed by atoms with van der Waals surface area (Å²) >= 11 is 7.76. The molecule has 0 unspecified atom stereocenters. The molecule has 10 heteroatoms. The van der Waals surface area contributed by atoms with Crippen LogP contribution in [0.2, 0.25) is 5.02 Å². The molecule has 0 spiro atoms. The summed E-state index contributed by atoms with van der Waals surface area (Å²) in [4.78, 5) is 43.9. The summed E-state index contributed by atoms with van der Waals surface area (Å²) in [6.07, 6.45) is 0.456. The normalized spacial score (nSPS) is 22.0. The second-order valence-electron chi connectivity index (χ2n) is 8.62. The topological polar surface area (TPSA) is 85.0 Å². The Morgan fingerprint density at radius 2 is 1.76 bits per heavy atom. The van der Waals surface area contributed by atoms with Crippen molar-refractivity contribution in [2.75, 3.05) is 32.7 Å². The van der Waals surface area contributed by atoms with Gasteiger partial charge in [-0.15, -0.1) is 11.3 Å². The van der Waals surface area contributed by atoms with E-state index in [1.165, 1.54) is 9.75 Å². The standard InChI is InChI=1S/C23H28ClN5O3S/c1-3-23(2)21(31)29(22(32)25-23)26-20(30)15-28-12-10-27(11-13-28)14-18-8-9-19(33-18)16-4-6-17(24)7-5-16/h4-9H,3,10-15H2,1-2H3,(H,25,32)(H,26,30)/t23-/m1/s1. The predicted molar refractivity (Wildman–Crippen MR) is 129 cm³/mol. The SMILES string of the molecule is CC[C@@]1(C)NC(=O)N(NC(=O)CN2CCN(Cc3ccc(-c4ccc(Cl)cc4)s3)CC2)C1=O. The van der Waals surface area contributed by atoms with Gasteiger partial charge in [-0.25, -0.2) is 4.79 Å². The number of piperazine rings is 1. The molecule has 33 heavy (non-hydrogen) atoms. The molecular formula is C23H28ClN5O3S. The summed E-state index contributed by atoms with van der Waals surface area (Å²) in [7, 11) is 0. The van der Waals surface area contributed by atoms with Crippen LogP contribution in [0.1, 0.15) is 25.1 Å². The van der Waals surface area contributed by atoms with Crippen molar-refractivity contribution in [1.29, 1.82) is 0 Å². The van der Waals surface area contributed by atoms with E-state index in [4.69, 9.17) is 11.6 Å². The number of rotatable bonds is 7. The highest BCUT2D eigenvalue weighted by Crippen LogP contribution is 2.30. The van der Waals surface area contributed by atoms with Gasteiger partial charge in [0.1, 0.15) is 5.54 Å². The highest BCUT2D eigenvalue weighted by atomic mass is 35.5. The molecule has 0 radical (unpaired) electrons. The molecule has 1 atom stereocenters. The number of amides is 4. The largest absolute Gasteiger partial charge is 0.344 e. The van der Waals surface area contributed by atoms with Gasteiger partial charge in [-0.3, -0.25) is 24.8 Å². The van der Waals surface area contributed by atoms with E-state index in [0.717, 1.165) is 48.3 Å². The van der Waals surface area contributed by atoms with Gasteiger partial charge in [0.25, 0.3) is 11.8 Å². The second-order valence-corrected chi connectivity index (χ2v) is 10.2. The van der Waals surface area contributed by atoms with Crippen LogP contribution in [0.15, 0.2) is 36.4 Å². The van der Waals surface area contributed by atoms with Crippen molar-refractivity contribution in [1.82, 2.24) is 25.6 Å². The predicted octanol–water partition coefficient (Wildman–Crippen LogP) is 2.94. The maximum Gasteiger partial charge on any atom is 0.344 e. The lowest BCUT2D eigenvalue weighted by Crippen LogP contribution is -2.53. The molecule has 2 aromatic rings. The summed E-state index contributed by atoms with van der Waals surface area (Å²) in [5.74, 6) is -0.791. The van der Waals surface area contributed by atoms with E-state index in [2.05, 4.69) is 27.8 Å². The molecule has 1 aromatic heterocycles. The maximum atomic E-state index is 12.4. The van der Waals surface area contributed by atoms with Crippen LogP contribution in [-0.2, 0) is 16.1 Å². The molecule has 0 bridgehead atoms. The Kier molecular flexibility index (Phi) is 7.04. The Bertz CT molecular complexity index is 1030. The van der Waals surface area contributed by atoms with Gasteiger partial charge in [-0.05, 0) is 43.2 Å². The van der Waals surface area contributed by atoms with Gasteiger partial charge in [0.15, 0.2) is 0 Å². The van der Waals surface area contributed by atoms with E-state index >= 15 is 0 Å². The zero-order chi connectivity index (χ0) is 23.6. The number of benzene rings is 1. The number of nitrogens with one attached hydrogen (secondary N) is 2. The lowest BCUT2D eigenvalue weighted by Gasteiger charge is -2.34. The summed E-state index contributed by atoms with van der Waals surface area (Å²) in [5, 5.41) is 4.17. The minimum atomic E-state index is -0.967. The lowest BCUT2D eigenvalue weighted by molar-refractivity contribution is -0.139. The third kappa shape index (κ3) is 5.38. The van der Waals surface area contributed by atoms with Crippen molar-refractivity contribution in [2.45, 2.75) is 32.4 Å². The van der Waals surface area contributed by atoms with Crippen LogP contribution in [0.4, 0.5) is 4.79 Å². The third-order valence-corrected chi connectivity index (χ3v) is 7.58. The Morgan fingerprint density at radius 3 is 2.39 bits per heavy atom. The van der Waals surface area contributed by atoms with Gasteiger partial charge in [0.05, 0.1) is 6.54 Å². The summed E-state index contributed by atoms with van der Waals surface area (Å²) in [5.41, 5.74) is 2.65. The maximum absolute atomic E-state index is 12.4. The van der Waals surface area contributed by atoms with Crippen LogP contribution < -0.4 is 10.7 Å². The summed E-state index contributed by atoms with van der Waals surface area (Å²) < 4.78 is 0. The fourth-order valence-corrected chi connectivity index (χ4v) is 5.13. The molecule has 0 saturated carbocycles. The highest BCUT2D eigenvalue weighted by molar-refractivity contribution is 7.15. The first-order valence-corrected chi connectivity index (χ1v) is 12.2. The fraction of sp³-hybridized carbons (Fsp3) is 0.435. The smallest absolute Gasteiger partial charge is 0.322 e. The zero-order valence-electron chi connectivity index (χ0n) is 18.8. The molecule has 2 aliphatic heterocycles. The van der Waals surface area contributed by atoms with E-state index in [1.807, 2.05) is 36.1 Å². The number of hydrogen-bond donors (Lipinski definition) is 2. The van der Waals surface area contributed by atoms with E-state index in [1.54, 1.807) is 18.3 Å². The second kappa shape index (κ2) is 9.80. The van der Waals surface area contributed by atoms with E-state index in [-0.39, 0.29) is 12.5 Å². The monoisotopic (exact) mass is 489 g/mol. The number of urea groups is 1. The molecule has 2 saturated heterocycles. The first-order chi connectivity index (χ1) is 15.8. The van der Waals surface area contributed by atoms with Crippen molar-refractivity contribution >= 4 is 40.8 Å². The number of carbonyl (C=O) groups excluding carboxylic acids is 3. The van der Waals surface area contributed by atoms with Crippen molar-refractivity contribution in [3.8, 4) is 10.4 Å². The average Bonchev–Trinajstić information content (AvgIpc) is 3.34. The fourth-order valence-electron chi connectivity index (χ4n) is 3.95.